The lowest BCUT2D eigenvalue weighted by Crippen LogP contribution is -2.23. The van der Waals surface area contributed by atoms with Gasteiger partial charge in [-0.05, 0) is 43.5 Å². The van der Waals surface area contributed by atoms with Gasteiger partial charge >= 0.3 is 0 Å². The Bertz CT molecular complexity index is 488. The van der Waals surface area contributed by atoms with Crippen LogP contribution in [0.3, 0.4) is 0 Å². The highest BCUT2D eigenvalue weighted by atomic mass is 15.1. The molecular weight excluding hydrogens is 222 g/mol. The quantitative estimate of drug-likeness (QED) is 0.847. The predicted octanol–water partition coefficient (Wildman–Crippen LogP) is 3.12. The van der Waals surface area contributed by atoms with E-state index < -0.39 is 0 Å². The van der Waals surface area contributed by atoms with Crippen molar-refractivity contribution in [1.82, 2.24) is 15.5 Å². The van der Waals surface area contributed by atoms with Gasteiger partial charge in [-0.1, -0.05) is 25.1 Å². The van der Waals surface area contributed by atoms with Crippen molar-refractivity contribution in [2.24, 2.45) is 0 Å². The summed E-state index contributed by atoms with van der Waals surface area (Å²) in [7, 11) is 0. The minimum absolute atomic E-state index is 0.225. The van der Waals surface area contributed by atoms with Gasteiger partial charge in [0.05, 0.1) is 12.2 Å². The normalized spacial score (nSPS) is 12.6. The van der Waals surface area contributed by atoms with E-state index in [9.17, 15) is 0 Å². The molecule has 0 saturated heterocycles. The predicted molar refractivity (Wildman–Crippen MR) is 74.6 cm³/mol. The minimum Gasteiger partial charge on any atom is -0.306 e. The van der Waals surface area contributed by atoms with E-state index in [4.69, 9.17) is 0 Å². The lowest BCUT2D eigenvalue weighted by Gasteiger charge is -2.18. The smallest absolute Gasteiger partial charge is 0.0607 e. The Morgan fingerprint density at radius 3 is 2.67 bits per heavy atom. The SMILES string of the molecule is CCCNC(c1cn[nH]c1)c1ccc(C)c(C)c1. The first-order chi connectivity index (χ1) is 8.72. The molecule has 1 atom stereocenters. The van der Waals surface area contributed by atoms with E-state index in [1.807, 2.05) is 12.4 Å². The average Bonchev–Trinajstić information content (AvgIpc) is 2.88. The van der Waals surface area contributed by atoms with Crippen molar-refractivity contribution < 1.29 is 0 Å². The molecule has 0 aliphatic heterocycles. The van der Waals surface area contributed by atoms with Crippen molar-refractivity contribution >= 4 is 0 Å². The number of nitrogens with one attached hydrogen (secondary N) is 2. The van der Waals surface area contributed by atoms with E-state index in [0.717, 1.165) is 13.0 Å². The Hall–Kier alpha value is -1.61. The standard InChI is InChI=1S/C15H21N3/c1-4-7-16-15(14-9-17-18-10-14)13-6-5-11(2)12(3)8-13/h5-6,8-10,15-16H,4,7H2,1-3H3,(H,17,18). The van der Waals surface area contributed by atoms with Gasteiger partial charge in [-0.15, -0.1) is 0 Å². The summed E-state index contributed by atoms with van der Waals surface area (Å²) >= 11 is 0. The van der Waals surface area contributed by atoms with Gasteiger partial charge < -0.3 is 5.32 Å². The molecule has 2 aromatic rings. The molecule has 1 heterocycles. The summed E-state index contributed by atoms with van der Waals surface area (Å²) in [5.41, 5.74) is 5.15. The Balaban J connectivity index is 2.30. The molecule has 1 unspecified atom stereocenters. The molecule has 2 N–H and O–H groups in total. The maximum Gasteiger partial charge on any atom is 0.0607 e. The number of rotatable bonds is 5. The summed E-state index contributed by atoms with van der Waals surface area (Å²) in [6, 6.07) is 6.87. The molecule has 3 nitrogen and oxygen atoms in total. The Morgan fingerprint density at radius 1 is 1.22 bits per heavy atom. The number of hydrogen-bond acceptors (Lipinski definition) is 2. The van der Waals surface area contributed by atoms with Crippen LogP contribution in [0, 0.1) is 13.8 Å². The van der Waals surface area contributed by atoms with Crippen LogP contribution in [0.5, 0.6) is 0 Å². The van der Waals surface area contributed by atoms with E-state index in [2.05, 4.69) is 54.5 Å². The molecule has 0 aliphatic carbocycles. The number of aromatic amines is 1. The highest BCUT2D eigenvalue weighted by molar-refractivity contribution is 5.35. The zero-order chi connectivity index (χ0) is 13.0. The number of aromatic nitrogens is 2. The van der Waals surface area contributed by atoms with Crippen LogP contribution in [0.4, 0.5) is 0 Å². The van der Waals surface area contributed by atoms with E-state index >= 15 is 0 Å². The van der Waals surface area contributed by atoms with Crippen molar-refractivity contribution in [2.45, 2.75) is 33.2 Å². The van der Waals surface area contributed by atoms with Crippen LogP contribution >= 0.6 is 0 Å². The molecule has 0 amide bonds. The average molecular weight is 243 g/mol. The number of H-pyrrole nitrogens is 1. The van der Waals surface area contributed by atoms with Gasteiger partial charge in [-0.25, -0.2) is 0 Å². The number of nitrogens with zero attached hydrogens (tertiary/aromatic N) is 1. The third kappa shape index (κ3) is 2.79. The lowest BCUT2D eigenvalue weighted by atomic mass is 9.97. The molecular formula is C15H21N3. The molecule has 0 saturated carbocycles. The Labute approximate surface area is 109 Å². The summed E-state index contributed by atoms with van der Waals surface area (Å²) in [6.07, 6.45) is 4.98. The molecule has 0 bridgehead atoms. The van der Waals surface area contributed by atoms with Crippen LogP contribution in [0.1, 0.15) is 41.6 Å². The third-order valence-corrected chi connectivity index (χ3v) is 3.32. The van der Waals surface area contributed by atoms with Crippen molar-refractivity contribution in [3.8, 4) is 0 Å². The van der Waals surface area contributed by atoms with Crippen LogP contribution < -0.4 is 5.32 Å². The molecule has 96 valence electrons. The molecule has 0 spiro atoms. The molecule has 18 heavy (non-hydrogen) atoms. The second kappa shape index (κ2) is 5.83. The van der Waals surface area contributed by atoms with Gasteiger partial charge in [-0.3, -0.25) is 5.10 Å². The highest BCUT2D eigenvalue weighted by Gasteiger charge is 2.14. The van der Waals surface area contributed by atoms with Gasteiger partial charge in [-0.2, -0.15) is 5.10 Å². The number of benzene rings is 1. The van der Waals surface area contributed by atoms with E-state index in [1.165, 1.54) is 22.3 Å². The monoisotopic (exact) mass is 243 g/mol. The fraction of sp³-hybridized carbons (Fsp3) is 0.400. The van der Waals surface area contributed by atoms with Crippen LogP contribution in [0.15, 0.2) is 30.6 Å². The summed E-state index contributed by atoms with van der Waals surface area (Å²) in [6.45, 7) is 7.49. The van der Waals surface area contributed by atoms with Gasteiger partial charge in [0.1, 0.15) is 0 Å². The lowest BCUT2D eigenvalue weighted by molar-refractivity contribution is 0.598. The maximum absolute atomic E-state index is 4.05. The maximum atomic E-state index is 4.05. The van der Waals surface area contributed by atoms with Crippen molar-refractivity contribution in [2.75, 3.05) is 6.54 Å². The van der Waals surface area contributed by atoms with Gasteiger partial charge in [0, 0.05) is 11.8 Å². The molecule has 3 heteroatoms. The Kier molecular flexibility index (Phi) is 4.15. The first-order valence-electron chi connectivity index (χ1n) is 6.51. The van der Waals surface area contributed by atoms with E-state index in [1.54, 1.807) is 0 Å². The zero-order valence-corrected chi connectivity index (χ0v) is 11.3. The molecule has 2 rings (SSSR count). The second-order valence-electron chi connectivity index (χ2n) is 4.76. The number of aryl methyl sites for hydroxylation is 2. The van der Waals surface area contributed by atoms with Gasteiger partial charge in [0.25, 0.3) is 0 Å². The summed E-state index contributed by atoms with van der Waals surface area (Å²) in [4.78, 5) is 0. The van der Waals surface area contributed by atoms with Gasteiger partial charge in [0.15, 0.2) is 0 Å². The van der Waals surface area contributed by atoms with Gasteiger partial charge in [0.2, 0.25) is 0 Å². The second-order valence-corrected chi connectivity index (χ2v) is 4.76. The fourth-order valence-electron chi connectivity index (χ4n) is 2.08. The minimum atomic E-state index is 0.225. The first-order valence-corrected chi connectivity index (χ1v) is 6.51. The molecule has 0 fully saturated rings. The fourth-order valence-corrected chi connectivity index (χ4v) is 2.08. The first kappa shape index (κ1) is 12.8. The van der Waals surface area contributed by atoms with Crippen molar-refractivity contribution in [3.63, 3.8) is 0 Å². The van der Waals surface area contributed by atoms with Crippen LogP contribution in [-0.2, 0) is 0 Å². The zero-order valence-electron chi connectivity index (χ0n) is 11.3. The van der Waals surface area contributed by atoms with Crippen LogP contribution in [0.25, 0.3) is 0 Å². The summed E-state index contributed by atoms with van der Waals surface area (Å²) in [5.74, 6) is 0. The Morgan fingerprint density at radius 2 is 2.06 bits per heavy atom. The van der Waals surface area contributed by atoms with Crippen LogP contribution in [-0.4, -0.2) is 16.7 Å². The van der Waals surface area contributed by atoms with Crippen LogP contribution in [0.2, 0.25) is 0 Å². The van der Waals surface area contributed by atoms with Crippen molar-refractivity contribution in [1.29, 1.82) is 0 Å². The third-order valence-electron chi connectivity index (χ3n) is 3.32. The topological polar surface area (TPSA) is 40.7 Å². The summed E-state index contributed by atoms with van der Waals surface area (Å²) in [5, 5.41) is 10.5. The largest absolute Gasteiger partial charge is 0.306 e. The van der Waals surface area contributed by atoms with Crippen molar-refractivity contribution in [3.05, 3.63) is 52.8 Å². The summed E-state index contributed by atoms with van der Waals surface area (Å²) < 4.78 is 0. The molecule has 0 aliphatic rings. The number of hydrogen-bond donors (Lipinski definition) is 2. The molecule has 1 aromatic carbocycles. The molecule has 1 aromatic heterocycles. The highest BCUT2D eigenvalue weighted by Crippen LogP contribution is 2.23. The van der Waals surface area contributed by atoms with E-state index in [-0.39, 0.29) is 6.04 Å². The van der Waals surface area contributed by atoms with E-state index in [0.29, 0.717) is 0 Å². The molecule has 0 radical (unpaired) electrons.